The lowest BCUT2D eigenvalue weighted by Gasteiger charge is -2.03. The van der Waals surface area contributed by atoms with Gasteiger partial charge in [-0.3, -0.25) is 0 Å². The molecule has 1 aromatic heterocycles. The van der Waals surface area contributed by atoms with E-state index in [1.54, 1.807) is 11.3 Å². The molecule has 0 unspecified atom stereocenters. The fraction of sp³-hybridized carbons (Fsp3) is 0.455. The van der Waals surface area contributed by atoms with Crippen LogP contribution < -0.4 is 5.32 Å². The van der Waals surface area contributed by atoms with E-state index in [1.807, 2.05) is 0 Å². The van der Waals surface area contributed by atoms with Gasteiger partial charge in [0.25, 0.3) is 0 Å². The second-order valence-electron chi connectivity index (χ2n) is 2.95. The van der Waals surface area contributed by atoms with Gasteiger partial charge in [0.05, 0.1) is 0 Å². The zero-order valence-electron chi connectivity index (χ0n) is 8.34. The van der Waals surface area contributed by atoms with Crippen LogP contribution in [0.25, 0.3) is 6.08 Å². The Morgan fingerprint density at radius 1 is 1.54 bits per heavy atom. The van der Waals surface area contributed by atoms with Crippen LogP contribution in [0.2, 0.25) is 0 Å². The van der Waals surface area contributed by atoms with Gasteiger partial charge >= 0.3 is 0 Å². The third kappa shape index (κ3) is 3.75. The van der Waals surface area contributed by atoms with Crippen LogP contribution in [-0.4, -0.2) is 13.1 Å². The van der Waals surface area contributed by atoms with E-state index < -0.39 is 0 Å². The predicted molar refractivity (Wildman–Crippen MR) is 61.1 cm³/mol. The highest BCUT2D eigenvalue weighted by atomic mass is 32.1. The fourth-order valence-corrected chi connectivity index (χ4v) is 1.84. The molecule has 0 aliphatic heterocycles. The molecule has 72 valence electrons. The SMILES string of the molecule is CCNCC(=Cc1cccs1)CC. The molecule has 1 aromatic rings. The molecule has 0 radical (unpaired) electrons. The van der Waals surface area contributed by atoms with Crippen molar-refractivity contribution < 1.29 is 0 Å². The maximum absolute atomic E-state index is 3.35. The molecule has 0 saturated heterocycles. The Balaban J connectivity index is 2.55. The van der Waals surface area contributed by atoms with Gasteiger partial charge in [0.15, 0.2) is 0 Å². The maximum Gasteiger partial charge on any atom is 0.0270 e. The minimum Gasteiger partial charge on any atom is -0.313 e. The first-order valence-electron chi connectivity index (χ1n) is 4.80. The molecule has 2 heteroatoms. The number of likely N-dealkylation sites (N-methyl/N-ethyl adjacent to an activating group) is 1. The van der Waals surface area contributed by atoms with Gasteiger partial charge in [-0.2, -0.15) is 0 Å². The first-order chi connectivity index (χ1) is 6.36. The molecule has 0 saturated carbocycles. The molecular weight excluding hydrogens is 178 g/mol. The summed E-state index contributed by atoms with van der Waals surface area (Å²) >= 11 is 1.80. The van der Waals surface area contributed by atoms with Gasteiger partial charge < -0.3 is 5.32 Å². The molecule has 0 amide bonds. The second kappa shape index (κ2) is 5.95. The number of hydrogen-bond acceptors (Lipinski definition) is 2. The lowest BCUT2D eigenvalue weighted by molar-refractivity contribution is 0.762. The highest BCUT2D eigenvalue weighted by Gasteiger charge is 1.94. The minimum atomic E-state index is 1.02. The Morgan fingerprint density at radius 2 is 2.38 bits per heavy atom. The minimum absolute atomic E-state index is 1.02. The second-order valence-corrected chi connectivity index (χ2v) is 3.93. The normalized spacial score (nSPS) is 12.0. The largest absolute Gasteiger partial charge is 0.313 e. The van der Waals surface area contributed by atoms with E-state index in [9.17, 15) is 0 Å². The monoisotopic (exact) mass is 195 g/mol. The average Bonchev–Trinajstić information content (AvgIpc) is 2.64. The van der Waals surface area contributed by atoms with Gasteiger partial charge in [-0.25, -0.2) is 0 Å². The van der Waals surface area contributed by atoms with Crippen molar-refractivity contribution >= 4 is 17.4 Å². The summed E-state index contributed by atoms with van der Waals surface area (Å²) in [5.41, 5.74) is 1.48. The van der Waals surface area contributed by atoms with Crippen molar-refractivity contribution in [1.29, 1.82) is 0 Å². The van der Waals surface area contributed by atoms with Crippen LogP contribution in [0.5, 0.6) is 0 Å². The van der Waals surface area contributed by atoms with E-state index in [0.29, 0.717) is 0 Å². The van der Waals surface area contributed by atoms with Crippen LogP contribution in [0.15, 0.2) is 23.1 Å². The van der Waals surface area contributed by atoms with E-state index in [2.05, 4.69) is 42.8 Å². The molecule has 0 atom stereocenters. The first-order valence-corrected chi connectivity index (χ1v) is 5.68. The zero-order chi connectivity index (χ0) is 9.52. The lowest BCUT2D eigenvalue weighted by atomic mass is 10.2. The molecule has 0 aromatic carbocycles. The molecular formula is C11H17NS. The summed E-state index contributed by atoms with van der Waals surface area (Å²) in [6, 6.07) is 4.25. The highest BCUT2D eigenvalue weighted by molar-refractivity contribution is 7.10. The van der Waals surface area contributed by atoms with Crippen LogP contribution in [0.4, 0.5) is 0 Å². The van der Waals surface area contributed by atoms with Gasteiger partial charge in [0.2, 0.25) is 0 Å². The van der Waals surface area contributed by atoms with Gasteiger partial charge in [-0.05, 0) is 30.5 Å². The van der Waals surface area contributed by atoms with Crippen LogP contribution in [0.1, 0.15) is 25.1 Å². The molecule has 13 heavy (non-hydrogen) atoms. The third-order valence-corrected chi connectivity index (χ3v) is 2.77. The Kier molecular flexibility index (Phi) is 4.79. The van der Waals surface area contributed by atoms with Crippen LogP contribution >= 0.6 is 11.3 Å². The quantitative estimate of drug-likeness (QED) is 0.761. The first kappa shape index (κ1) is 10.5. The van der Waals surface area contributed by atoms with Crippen LogP contribution in [0, 0.1) is 0 Å². The number of nitrogens with one attached hydrogen (secondary N) is 1. The molecule has 1 N–H and O–H groups in total. The van der Waals surface area contributed by atoms with Crippen molar-refractivity contribution in [2.75, 3.05) is 13.1 Å². The van der Waals surface area contributed by atoms with Crippen molar-refractivity contribution in [2.24, 2.45) is 0 Å². The molecule has 0 fully saturated rings. The van der Waals surface area contributed by atoms with Crippen molar-refractivity contribution in [1.82, 2.24) is 5.32 Å². The van der Waals surface area contributed by atoms with Gasteiger partial charge in [0.1, 0.15) is 0 Å². The average molecular weight is 195 g/mol. The van der Waals surface area contributed by atoms with Crippen molar-refractivity contribution in [2.45, 2.75) is 20.3 Å². The standard InChI is InChI=1S/C11H17NS/c1-3-10(9-12-4-2)8-11-6-5-7-13-11/h5-8,12H,3-4,9H2,1-2H3. The summed E-state index contributed by atoms with van der Waals surface area (Å²) in [4.78, 5) is 1.36. The smallest absolute Gasteiger partial charge is 0.0270 e. The molecule has 0 bridgehead atoms. The molecule has 1 rings (SSSR count). The Labute approximate surface area is 84.5 Å². The maximum atomic E-state index is 3.35. The van der Waals surface area contributed by atoms with Crippen molar-refractivity contribution in [3.63, 3.8) is 0 Å². The van der Waals surface area contributed by atoms with E-state index >= 15 is 0 Å². The number of rotatable bonds is 5. The molecule has 0 aliphatic carbocycles. The van der Waals surface area contributed by atoms with Gasteiger partial charge in [-0.1, -0.05) is 25.5 Å². The topological polar surface area (TPSA) is 12.0 Å². The summed E-state index contributed by atoms with van der Waals surface area (Å²) in [5.74, 6) is 0. The number of hydrogen-bond donors (Lipinski definition) is 1. The third-order valence-electron chi connectivity index (χ3n) is 1.95. The van der Waals surface area contributed by atoms with E-state index in [-0.39, 0.29) is 0 Å². The van der Waals surface area contributed by atoms with Crippen LogP contribution in [-0.2, 0) is 0 Å². The van der Waals surface area contributed by atoms with Crippen molar-refractivity contribution in [3.8, 4) is 0 Å². The van der Waals surface area contributed by atoms with Crippen LogP contribution in [0.3, 0.4) is 0 Å². The lowest BCUT2D eigenvalue weighted by Crippen LogP contribution is -2.15. The molecule has 1 heterocycles. The zero-order valence-corrected chi connectivity index (χ0v) is 9.16. The Bertz CT molecular complexity index is 249. The number of thiophene rings is 1. The summed E-state index contributed by atoms with van der Waals surface area (Å²) in [6.45, 7) is 6.40. The predicted octanol–water partition coefficient (Wildman–Crippen LogP) is 3.15. The summed E-state index contributed by atoms with van der Waals surface area (Å²) in [6.07, 6.45) is 3.41. The van der Waals surface area contributed by atoms with E-state index in [1.165, 1.54) is 10.5 Å². The summed E-state index contributed by atoms with van der Waals surface area (Å²) in [7, 11) is 0. The van der Waals surface area contributed by atoms with E-state index in [0.717, 1.165) is 19.5 Å². The van der Waals surface area contributed by atoms with E-state index in [4.69, 9.17) is 0 Å². The fourth-order valence-electron chi connectivity index (χ4n) is 1.14. The Morgan fingerprint density at radius 3 is 2.92 bits per heavy atom. The Hall–Kier alpha value is -0.600. The van der Waals surface area contributed by atoms with Crippen molar-refractivity contribution in [3.05, 3.63) is 28.0 Å². The molecule has 0 aliphatic rings. The molecule has 0 spiro atoms. The summed E-state index contributed by atoms with van der Waals surface area (Å²) in [5, 5.41) is 5.47. The highest BCUT2D eigenvalue weighted by Crippen LogP contribution is 2.14. The summed E-state index contributed by atoms with van der Waals surface area (Å²) < 4.78 is 0. The van der Waals surface area contributed by atoms with Gasteiger partial charge in [0, 0.05) is 11.4 Å². The van der Waals surface area contributed by atoms with Gasteiger partial charge in [-0.15, -0.1) is 11.3 Å². The molecule has 1 nitrogen and oxygen atoms in total.